The molecule has 0 unspecified atom stereocenters. The predicted octanol–water partition coefficient (Wildman–Crippen LogP) is 0.735. The number of hydrogen-bond donors (Lipinski definition) is 2. The van der Waals surface area contributed by atoms with E-state index >= 15 is 0 Å². The molecular weight excluding hydrogens is 192 g/mol. The second-order valence-corrected chi connectivity index (χ2v) is 4.00. The first-order valence-electron chi connectivity index (χ1n) is 5.73. The van der Waals surface area contributed by atoms with Gasteiger partial charge < -0.3 is 15.7 Å². The maximum absolute atomic E-state index is 11.8. The third-order valence-electron chi connectivity index (χ3n) is 2.35. The van der Waals surface area contributed by atoms with E-state index in [1.54, 1.807) is 0 Å². The monoisotopic (exact) mass is 216 g/mol. The van der Waals surface area contributed by atoms with Crippen LogP contribution in [-0.4, -0.2) is 41.7 Å². The highest BCUT2D eigenvalue weighted by atomic mass is 16.3. The molecule has 4 nitrogen and oxygen atoms in total. The topological polar surface area (TPSA) is 66.6 Å². The first-order chi connectivity index (χ1) is 7.13. The number of unbranched alkanes of at least 4 members (excludes halogenated alkanes) is 1. The highest BCUT2D eigenvalue weighted by Gasteiger charge is 2.15. The van der Waals surface area contributed by atoms with Gasteiger partial charge in [-0.25, -0.2) is 0 Å². The minimum atomic E-state index is 0.138. The standard InChI is InChI=1S/C11H24N2O2/c1-10(2)13(8-5-9-14)11(15)6-3-4-7-12/h10,14H,3-9,12H2,1-2H3. The summed E-state index contributed by atoms with van der Waals surface area (Å²) in [5.74, 6) is 0.173. The summed E-state index contributed by atoms with van der Waals surface area (Å²) in [4.78, 5) is 13.6. The number of aliphatic hydroxyl groups excluding tert-OH is 1. The lowest BCUT2D eigenvalue weighted by atomic mass is 10.2. The number of carbonyl (C=O) groups is 1. The summed E-state index contributed by atoms with van der Waals surface area (Å²) in [6.45, 7) is 5.43. The van der Waals surface area contributed by atoms with Gasteiger partial charge in [0.1, 0.15) is 0 Å². The van der Waals surface area contributed by atoms with Crippen LogP contribution >= 0.6 is 0 Å². The van der Waals surface area contributed by atoms with E-state index < -0.39 is 0 Å². The van der Waals surface area contributed by atoms with Crippen LogP contribution in [0.2, 0.25) is 0 Å². The summed E-state index contributed by atoms with van der Waals surface area (Å²) in [6.07, 6.45) is 2.98. The van der Waals surface area contributed by atoms with Crippen molar-refractivity contribution in [2.45, 2.75) is 45.6 Å². The van der Waals surface area contributed by atoms with Gasteiger partial charge in [-0.2, -0.15) is 0 Å². The second kappa shape index (κ2) is 8.68. The molecule has 0 aromatic rings. The van der Waals surface area contributed by atoms with Crippen LogP contribution in [-0.2, 0) is 4.79 Å². The summed E-state index contributed by atoms with van der Waals surface area (Å²) in [6, 6.07) is 0.210. The highest BCUT2D eigenvalue weighted by Crippen LogP contribution is 2.06. The summed E-state index contributed by atoms with van der Waals surface area (Å²) < 4.78 is 0. The molecule has 0 aliphatic carbocycles. The van der Waals surface area contributed by atoms with Gasteiger partial charge in [0.2, 0.25) is 5.91 Å². The lowest BCUT2D eigenvalue weighted by Crippen LogP contribution is -2.37. The highest BCUT2D eigenvalue weighted by molar-refractivity contribution is 5.76. The maximum atomic E-state index is 11.8. The lowest BCUT2D eigenvalue weighted by molar-refractivity contribution is -0.133. The first kappa shape index (κ1) is 14.4. The van der Waals surface area contributed by atoms with E-state index in [0.717, 1.165) is 12.8 Å². The average molecular weight is 216 g/mol. The van der Waals surface area contributed by atoms with Crippen molar-refractivity contribution in [2.75, 3.05) is 19.7 Å². The third-order valence-corrected chi connectivity index (χ3v) is 2.35. The minimum Gasteiger partial charge on any atom is -0.396 e. The molecule has 0 atom stereocenters. The van der Waals surface area contributed by atoms with Gasteiger partial charge in [0.05, 0.1) is 0 Å². The van der Waals surface area contributed by atoms with Crippen LogP contribution in [0.4, 0.5) is 0 Å². The van der Waals surface area contributed by atoms with Crippen LogP contribution in [0.15, 0.2) is 0 Å². The maximum Gasteiger partial charge on any atom is 0.222 e. The number of hydrogen-bond acceptors (Lipinski definition) is 3. The molecule has 15 heavy (non-hydrogen) atoms. The zero-order chi connectivity index (χ0) is 11.7. The van der Waals surface area contributed by atoms with Gasteiger partial charge in [0.15, 0.2) is 0 Å². The van der Waals surface area contributed by atoms with Crippen LogP contribution in [0.5, 0.6) is 0 Å². The second-order valence-electron chi connectivity index (χ2n) is 4.00. The number of amides is 1. The molecule has 0 aliphatic heterocycles. The molecule has 0 radical (unpaired) electrons. The molecule has 0 saturated heterocycles. The van der Waals surface area contributed by atoms with Gasteiger partial charge >= 0.3 is 0 Å². The molecule has 0 saturated carbocycles. The normalized spacial score (nSPS) is 10.7. The van der Waals surface area contributed by atoms with E-state index in [0.29, 0.717) is 25.9 Å². The zero-order valence-electron chi connectivity index (χ0n) is 9.91. The van der Waals surface area contributed by atoms with E-state index in [-0.39, 0.29) is 18.6 Å². The Morgan fingerprint density at radius 3 is 2.47 bits per heavy atom. The number of carbonyl (C=O) groups excluding carboxylic acids is 1. The number of rotatable bonds is 8. The van der Waals surface area contributed by atoms with Crippen LogP contribution in [0.25, 0.3) is 0 Å². The molecule has 4 heteroatoms. The van der Waals surface area contributed by atoms with E-state index in [9.17, 15) is 4.79 Å². The van der Waals surface area contributed by atoms with Crippen molar-refractivity contribution < 1.29 is 9.90 Å². The van der Waals surface area contributed by atoms with Gasteiger partial charge in [-0.05, 0) is 39.7 Å². The Kier molecular flexibility index (Phi) is 8.33. The summed E-state index contributed by atoms with van der Waals surface area (Å²) in [7, 11) is 0. The molecule has 0 aromatic carbocycles. The fraction of sp³-hybridized carbons (Fsp3) is 0.909. The van der Waals surface area contributed by atoms with Crippen LogP contribution in [0.3, 0.4) is 0 Å². The molecule has 0 aromatic heterocycles. The van der Waals surface area contributed by atoms with Crippen molar-refractivity contribution in [3.63, 3.8) is 0 Å². The average Bonchev–Trinajstić information content (AvgIpc) is 2.18. The van der Waals surface area contributed by atoms with Crippen molar-refractivity contribution >= 4 is 5.91 Å². The molecule has 90 valence electrons. The fourth-order valence-electron chi connectivity index (χ4n) is 1.48. The first-order valence-corrected chi connectivity index (χ1v) is 5.73. The van der Waals surface area contributed by atoms with Gasteiger partial charge in [-0.1, -0.05) is 0 Å². The van der Waals surface area contributed by atoms with Gasteiger partial charge in [0.25, 0.3) is 0 Å². The lowest BCUT2D eigenvalue weighted by Gasteiger charge is -2.26. The van der Waals surface area contributed by atoms with Crippen LogP contribution in [0.1, 0.15) is 39.5 Å². The van der Waals surface area contributed by atoms with Crippen molar-refractivity contribution in [2.24, 2.45) is 5.73 Å². The van der Waals surface area contributed by atoms with E-state index in [1.165, 1.54) is 0 Å². The molecule has 1 amide bonds. The van der Waals surface area contributed by atoms with Crippen LogP contribution in [0, 0.1) is 0 Å². The molecule has 3 N–H and O–H groups in total. The fourth-order valence-corrected chi connectivity index (χ4v) is 1.48. The predicted molar refractivity (Wildman–Crippen MR) is 61.5 cm³/mol. The van der Waals surface area contributed by atoms with Crippen LogP contribution < -0.4 is 5.73 Å². The summed E-state index contributed by atoms with van der Waals surface area (Å²) in [5, 5.41) is 8.74. The van der Waals surface area contributed by atoms with Gasteiger partial charge in [-0.3, -0.25) is 4.79 Å². The quantitative estimate of drug-likeness (QED) is 0.588. The number of aliphatic hydroxyl groups is 1. The van der Waals surface area contributed by atoms with Gasteiger partial charge in [0, 0.05) is 25.6 Å². The van der Waals surface area contributed by atoms with Crippen molar-refractivity contribution in [1.29, 1.82) is 0 Å². The Hall–Kier alpha value is -0.610. The Labute approximate surface area is 92.4 Å². The van der Waals surface area contributed by atoms with Crippen molar-refractivity contribution in [3.8, 4) is 0 Å². The van der Waals surface area contributed by atoms with Gasteiger partial charge in [-0.15, -0.1) is 0 Å². The van der Waals surface area contributed by atoms with E-state index in [2.05, 4.69) is 0 Å². The number of nitrogens with two attached hydrogens (primary N) is 1. The Morgan fingerprint density at radius 1 is 1.33 bits per heavy atom. The molecule has 0 rings (SSSR count). The molecule has 0 spiro atoms. The number of nitrogens with zero attached hydrogens (tertiary/aromatic N) is 1. The molecule has 0 heterocycles. The zero-order valence-corrected chi connectivity index (χ0v) is 9.91. The molecule has 0 fully saturated rings. The smallest absolute Gasteiger partial charge is 0.222 e. The van der Waals surface area contributed by atoms with Crippen molar-refractivity contribution in [3.05, 3.63) is 0 Å². The van der Waals surface area contributed by atoms with Crippen molar-refractivity contribution in [1.82, 2.24) is 4.90 Å². The Bertz CT molecular complexity index is 172. The third kappa shape index (κ3) is 6.47. The minimum absolute atomic E-state index is 0.138. The Balaban J connectivity index is 3.93. The van der Waals surface area contributed by atoms with E-state index in [4.69, 9.17) is 10.8 Å². The molecular formula is C11H24N2O2. The Morgan fingerprint density at radius 2 is 2.00 bits per heavy atom. The summed E-state index contributed by atoms with van der Waals surface area (Å²) in [5.41, 5.74) is 5.37. The SMILES string of the molecule is CC(C)N(CCCO)C(=O)CCCCN. The summed E-state index contributed by atoms with van der Waals surface area (Å²) >= 11 is 0. The molecule has 0 bridgehead atoms. The largest absolute Gasteiger partial charge is 0.396 e. The van der Waals surface area contributed by atoms with E-state index in [1.807, 2.05) is 18.7 Å². The molecule has 0 aliphatic rings.